The number of aromatic nitrogens is 1. The van der Waals surface area contributed by atoms with Gasteiger partial charge in [0.2, 0.25) is 5.91 Å². The number of imide groups is 1. The van der Waals surface area contributed by atoms with Gasteiger partial charge < -0.3 is 10.3 Å². The van der Waals surface area contributed by atoms with Crippen molar-refractivity contribution in [1.29, 1.82) is 0 Å². The van der Waals surface area contributed by atoms with Crippen LogP contribution in [0.5, 0.6) is 0 Å². The fraction of sp³-hybridized carbons (Fsp3) is 0.273. The lowest BCUT2D eigenvalue weighted by Gasteiger charge is -2.14. The maximum absolute atomic E-state index is 12.7. The molecule has 3 N–H and O–H groups in total. The molecule has 0 radical (unpaired) electrons. The molecule has 2 amide bonds. The maximum Gasteiger partial charge on any atom is 0.292 e. The summed E-state index contributed by atoms with van der Waals surface area (Å²) in [6.45, 7) is 2.86. The van der Waals surface area contributed by atoms with Gasteiger partial charge in [-0.2, -0.15) is 0 Å². The average Bonchev–Trinajstić information content (AvgIpc) is 3.23. The van der Waals surface area contributed by atoms with Gasteiger partial charge in [0.05, 0.1) is 18.7 Å². The Kier molecular flexibility index (Phi) is 4.77. The average molecular weight is 362 g/mol. The molecule has 0 saturated carbocycles. The summed E-state index contributed by atoms with van der Waals surface area (Å²) in [4.78, 5) is 29.8. The van der Waals surface area contributed by atoms with Crippen LogP contribution in [0.1, 0.15) is 24.5 Å². The third kappa shape index (κ3) is 3.38. The highest BCUT2D eigenvalue weighted by atomic mass is 16.2. The lowest BCUT2D eigenvalue weighted by molar-refractivity contribution is -0.674. The van der Waals surface area contributed by atoms with Gasteiger partial charge in [-0.25, -0.2) is 4.90 Å². The van der Waals surface area contributed by atoms with Crippen LogP contribution >= 0.6 is 0 Å². The zero-order valence-electron chi connectivity index (χ0n) is 15.4. The first-order chi connectivity index (χ1) is 13.2. The number of nitrogens with two attached hydrogens (primary N) is 1. The number of aryl methyl sites for hydroxylation is 1. The van der Waals surface area contributed by atoms with Crippen molar-refractivity contribution in [2.45, 2.75) is 32.2 Å². The lowest BCUT2D eigenvalue weighted by atomic mass is 10.1. The molecule has 3 aromatic rings. The quantitative estimate of drug-likeness (QED) is 0.660. The van der Waals surface area contributed by atoms with E-state index in [-0.39, 0.29) is 24.3 Å². The fourth-order valence-corrected chi connectivity index (χ4v) is 3.77. The zero-order chi connectivity index (χ0) is 18.8. The van der Waals surface area contributed by atoms with E-state index in [9.17, 15) is 9.59 Å². The van der Waals surface area contributed by atoms with Crippen LogP contribution in [0.4, 0.5) is 5.69 Å². The summed E-state index contributed by atoms with van der Waals surface area (Å²) in [6.07, 6.45) is 4.09. The van der Waals surface area contributed by atoms with E-state index >= 15 is 0 Å². The van der Waals surface area contributed by atoms with Gasteiger partial charge in [0.25, 0.3) is 5.91 Å². The molecule has 27 heavy (non-hydrogen) atoms. The number of hydrogen-bond acceptors (Lipinski definition) is 2. The van der Waals surface area contributed by atoms with Crippen molar-refractivity contribution >= 4 is 28.4 Å². The predicted octanol–water partition coefficient (Wildman–Crippen LogP) is 2.17. The number of fused-ring (bicyclic) bond motifs is 1. The Morgan fingerprint density at radius 2 is 1.89 bits per heavy atom. The predicted molar refractivity (Wildman–Crippen MR) is 106 cm³/mol. The highest BCUT2D eigenvalue weighted by Crippen LogP contribution is 2.22. The van der Waals surface area contributed by atoms with E-state index in [2.05, 4.69) is 24.0 Å². The highest BCUT2D eigenvalue weighted by molar-refractivity contribution is 6.21. The van der Waals surface area contributed by atoms with E-state index < -0.39 is 0 Å². The third-order valence-electron chi connectivity index (χ3n) is 5.32. The standard InChI is InChI=1S/C22H23N3O2/c1-2-15-7-9-17(10-8-15)25-21(26)13-20(22(25)27)23-12-11-16-14-24-19-6-4-3-5-18(16)19/h3-10,14,20,23-24H,2,11-13H2,1H3/p+1/t20-/m0/s1. The van der Waals surface area contributed by atoms with E-state index in [0.717, 1.165) is 24.9 Å². The van der Waals surface area contributed by atoms with Crippen molar-refractivity contribution in [3.8, 4) is 0 Å². The van der Waals surface area contributed by atoms with Gasteiger partial charge in [-0.3, -0.25) is 9.59 Å². The molecule has 4 rings (SSSR count). The molecule has 5 nitrogen and oxygen atoms in total. The number of aromatic amines is 1. The first-order valence-corrected chi connectivity index (χ1v) is 9.51. The van der Waals surface area contributed by atoms with Crippen LogP contribution < -0.4 is 10.2 Å². The van der Waals surface area contributed by atoms with Crippen molar-refractivity contribution in [3.63, 3.8) is 0 Å². The molecule has 1 fully saturated rings. The summed E-state index contributed by atoms with van der Waals surface area (Å²) in [5, 5.41) is 3.22. The number of carbonyl (C=O) groups is 2. The molecule has 0 unspecified atom stereocenters. The summed E-state index contributed by atoms with van der Waals surface area (Å²) in [6, 6.07) is 15.6. The van der Waals surface area contributed by atoms with Crippen molar-refractivity contribution < 1.29 is 14.9 Å². The van der Waals surface area contributed by atoms with E-state index in [1.165, 1.54) is 21.4 Å². The van der Waals surface area contributed by atoms with Crippen molar-refractivity contribution in [2.75, 3.05) is 11.4 Å². The molecular weight excluding hydrogens is 338 g/mol. The molecule has 2 aromatic carbocycles. The molecule has 5 heteroatoms. The van der Waals surface area contributed by atoms with Crippen LogP contribution in [0.15, 0.2) is 54.7 Å². The van der Waals surface area contributed by atoms with E-state index in [4.69, 9.17) is 0 Å². The highest BCUT2D eigenvalue weighted by Gasteiger charge is 2.42. The topological polar surface area (TPSA) is 69.8 Å². The minimum absolute atomic E-state index is 0.108. The largest absolute Gasteiger partial charge is 0.361 e. The molecule has 1 saturated heterocycles. The minimum atomic E-state index is -0.325. The number of rotatable bonds is 6. The Hall–Kier alpha value is -2.92. The lowest BCUT2D eigenvalue weighted by Crippen LogP contribution is -2.92. The van der Waals surface area contributed by atoms with Gasteiger partial charge in [0.15, 0.2) is 6.04 Å². The number of H-pyrrole nitrogens is 1. The number of quaternary nitrogens is 1. The van der Waals surface area contributed by atoms with E-state index in [1.807, 2.05) is 47.9 Å². The Balaban J connectivity index is 1.40. The Bertz CT molecular complexity index is 975. The number of nitrogens with one attached hydrogen (secondary N) is 1. The van der Waals surface area contributed by atoms with Crippen LogP contribution in [0, 0.1) is 0 Å². The molecule has 1 atom stereocenters. The number of amides is 2. The van der Waals surface area contributed by atoms with Gasteiger partial charge >= 0.3 is 0 Å². The van der Waals surface area contributed by atoms with Crippen LogP contribution in [-0.4, -0.2) is 29.4 Å². The molecule has 2 heterocycles. The van der Waals surface area contributed by atoms with Gasteiger partial charge in [0.1, 0.15) is 0 Å². The van der Waals surface area contributed by atoms with Crippen LogP contribution in [-0.2, 0) is 22.4 Å². The molecule has 1 aliphatic rings. The summed E-state index contributed by atoms with van der Waals surface area (Å²) < 4.78 is 0. The molecule has 0 spiro atoms. The monoisotopic (exact) mass is 362 g/mol. The number of nitrogens with zero attached hydrogens (tertiary/aromatic N) is 1. The molecular formula is C22H24N3O2+. The molecule has 0 aliphatic carbocycles. The van der Waals surface area contributed by atoms with Gasteiger partial charge in [-0.1, -0.05) is 37.3 Å². The van der Waals surface area contributed by atoms with Crippen LogP contribution in [0.3, 0.4) is 0 Å². The summed E-state index contributed by atoms with van der Waals surface area (Å²) in [5.41, 5.74) is 4.24. The van der Waals surface area contributed by atoms with Crippen molar-refractivity contribution in [3.05, 3.63) is 65.9 Å². The SMILES string of the molecule is CCc1ccc(N2C(=O)C[C@H]([NH2+]CCc3c[nH]c4ccccc34)C2=O)cc1. The zero-order valence-corrected chi connectivity index (χ0v) is 15.4. The van der Waals surface area contributed by atoms with Gasteiger partial charge in [-0.05, 0) is 35.7 Å². The maximum atomic E-state index is 12.7. The van der Waals surface area contributed by atoms with Crippen LogP contribution in [0.2, 0.25) is 0 Å². The van der Waals surface area contributed by atoms with E-state index in [0.29, 0.717) is 5.69 Å². The second-order valence-electron chi connectivity index (χ2n) is 7.03. The Morgan fingerprint density at radius 3 is 2.67 bits per heavy atom. The molecule has 1 aliphatic heterocycles. The first-order valence-electron chi connectivity index (χ1n) is 9.51. The summed E-state index contributed by atoms with van der Waals surface area (Å²) in [5.74, 6) is -0.222. The second-order valence-corrected chi connectivity index (χ2v) is 7.03. The molecule has 1 aromatic heterocycles. The van der Waals surface area contributed by atoms with Gasteiger partial charge in [-0.15, -0.1) is 0 Å². The number of benzene rings is 2. The third-order valence-corrected chi connectivity index (χ3v) is 5.32. The van der Waals surface area contributed by atoms with Gasteiger partial charge in [0, 0.05) is 23.5 Å². The van der Waals surface area contributed by atoms with E-state index in [1.54, 1.807) is 0 Å². The number of para-hydroxylation sites is 1. The Labute approximate surface area is 158 Å². The smallest absolute Gasteiger partial charge is 0.292 e. The first kappa shape index (κ1) is 17.5. The fourth-order valence-electron chi connectivity index (χ4n) is 3.77. The van der Waals surface area contributed by atoms with Crippen molar-refractivity contribution in [1.82, 2.24) is 4.98 Å². The number of carbonyl (C=O) groups excluding carboxylic acids is 2. The number of anilines is 1. The van der Waals surface area contributed by atoms with Crippen molar-refractivity contribution in [2.24, 2.45) is 0 Å². The number of hydrogen-bond donors (Lipinski definition) is 2. The summed E-state index contributed by atoms with van der Waals surface area (Å²) >= 11 is 0. The molecule has 0 bridgehead atoms. The summed E-state index contributed by atoms with van der Waals surface area (Å²) in [7, 11) is 0. The minimum Gasteiger partial charge on any atom is -0.361 e. The van der Waals surface area contributed by atoms with Crippen LogP contribution in [0.25, 0.3) is 10.9 Å². The second kappa shape index (κ2) is 7.37. The normalized spacial score (nSPS) is 17.2. The molecule has 138 valence electrons. The Morgan fingerprint density at radius 1 is 1.11 bits per heavy atom.